The Morgan fingerprint density at radius 2 is 1.79 bits per heavy atom. The van der Waals surface area contributed by atoms with Crippen LogP contribution in [0.25, 0.3) is 11.0 Å². The minimum absolute atomic E-state index is 0.192. The quantitative estimate of drug-likeness (QED) is 0.519. The molecule has 0 amide bonds. The molecule has 1 aromatic heterocycles. The van der Waals surface area contributed by atoms with E-state index < -0.39 is 5.97 Å². The highest BCUT2D eigenvalue weighted by Crippen LogP contribution is 2.26. The van der Waals surface area contributed by atoms with E-state index in [4.69, 9.17) is 9.15 Å². The number of para-hydroxylation sites is 2. The normalized spacial score (nSPS) is 10.6. The molecule has 0 unspecified atom stereocenters. The summed E-state index contributed by atoms with van der Waals surface area (Å²) in [5.74, 6) is 0.146. The Balaban J connectivity index is 1.90. The first-order chi connectivity index (χ1) is 9.24. The molecule has 0 bridgehead atoms. The van der Waals surface area contributed by atoms with Crippen molar-refractivity contribution in [2.45, 2.75) is 0 Å². The summed E-state index contributed by atoms with van der Waals surface area (Å²) in [6.07, 6.45) is 0. The number of furan rings is 1. The van der Waals surface area contributed by atoms with Crippen molar-refractivity contribution in [3.8, 4) is 5.75 Å². The van der Waals surface area contributed by atoms with E-state index in [2.05, 4.69) is 15.9 Å². The second-order valence-electron chi connectivity index (χ2n) is 3.97. The van der Waals surface area contributed by atoms with Crippen molar-refractivity contribution in [1.82, 2.24) is 0 Å². The van der Waals surface area contributed by atoms with Gasteiger partial charge in [-0.2, -0.15) is 0 Å². The molecule has 94 valence electrons. The summed E-state index contributed by atoms with van der Waals surface area (Å²) >= 11 is 3.32. The summed E-state index contributed by atoms with van der Waals surface area (Å²) in [4.78, 5) is 12.0. The van der Waals surface area contributed by atoms with Crippen LogP contribution in [-0.4, -0.2) is 5.97 Å². The van der Waals surface area contributed by atoms with Crippen molar-refractivity contribution in [3.05, 3.63) is 64.8 Å². The maximum atomic E-state index is 12.0. The Morgan fingerprint density at radius 1 is 1.05 bits per heavy atom. The second kappa shape index (κ2) is 4.90. The van der Waals surface area contributed by atoms with Crippen LogP contribution < -0.4 is 4.74 Å². The van der Waals surface area contributed by atoms with Crippen LogP contribution in [0.2, 0.25) is 0 Å². The first-order valence-corrected chi connectivity index (χ1v) is 6.48. The van der Waals surface area contributed by atoms with Gasteiger partial charge in [-0.15, -0.1) is 0 Å². The second-order valence-corrected chi connectivity index (χ2v) is 4.82. The largest absolute Gasteiger partial charge is 0.449 e. The minimum Gasteiger partial charge on any atom is -0.449 e. The van der Waals surface area contributed by atoms with Crippen molar-refractivity contribution in [2.24, 2.45) is 0 Å². The topological polar surface area (TPSA) is 39.4 Å². The molecule has 3 rings (SSSR count). The monoisotopic (exact) mass is 316 g/mol. The third-order valence-corrected chi connectivity index (χ3v) is 3.32. The molecule has 0 N–H and O–H groups in total. The molecule has 4 heteroatoms. The van der Waals surface area contributed by atoms with Crippen LogP contribution in [0.3, 0.4) is 0 Å². The molecular formula is C15H9BrO3. The Labute approximate surface area is 117 Å². The van der Waals surface area contributed by atoms with E-state index in [1.807, 2.05) is 30.3 Å². The zero-order chi connectivity index (χ0) is 13.2. The van der Waals surface area contributed by atoms with Gasteiger partial charge in [-0.25, -0.2) is 4.79 Å². The van der Waals surface area contributed by atoms with Crippen LogP contribution in [0.15, 0.2) is 63.5 Å². The number of halogens is 1. The van der Waals surface area contributed by atoms with E-state index in [-0.39, 0.29) is 5.76 Å². The average Bonchev–Trinajstić information content (AvgIpc) is 2.85. The zero-order valence-corrected chi connectivity index (χ0v) is 11.4. The minimum atomic E-state index is -0.511. The highest BCUT2D eigenvalue weighted by atomic mass is 79.9. The molecule has 19 heavy (non-hydrogen) atoms. The highest BCUT2D eigenvalue weighted by molar-refractivity contribution is 9.10. The van der Waals surface area contributed by atoms with Gasteiger partial charge in [0.25, 0.3) is 0 Å². The van der Waals surface area contributed by atoms with Gasteiger partial charge >= 0.3 is 5.97 Å². The number of ether oxygens (including phenoxy) is 1. The SMILES string of the molecule is O=C(Oc1ccccc1Br)c1cc2ccccc2o1. The van der Waals surface area contributed by atoms with E-state index >= 15 is 0 Å². The van der Waals surface area contributed by atoms with E-state index in [1.54, 1.807) is 24.3 Å². The average molecular weight is 317 g/mol. The lowest BCUT2D eigenvalue weighted by Crippen LogP contribution is -2.07. The van der Waals surface area contributed by atoms with E-state index in [0.29, 0.717) is 11.3 Å². The van der Waals surface area contributed by atoms with Gasteiger partial charge in [0, 0.05) is 5.39 Å². The van der Waals surface area contributed by atoms with Gasteiger partial charge in [0.2, 0.25) is 5.76 Å². The van der Waals surface area contributed by atoms with E-state index in [0.717, 1.165) is 9.86 Å². The zero-order valence-electron chi connectivity index (χ0n) is 9.80. The van der Waals surface area contributed by atoms with Gasteiger partial charge in [-0.3, -0.25) is 0 Å². The first-order valence-electron chi connectivity index (χ1n) is 5.69. The molecular weight excluding hydrogens is 308 g/mol. The van der Waals surface area contributed by atoms with E-state index in [1.165, 1.54) is 0 Å². The van der Waals surface area contributed by atoms with Gasteiger partial charge in [0.15, 0.2) is 0 Å². The van der Waals surface area contributed by atoms with Crippen molar-refractivity contribution in [3.63, 3.8) is 0 Å². The molecule has 2 aromatic carbocycles. The molecule has 0 spiro atoms. The number of carbonyl (C=O) groups excluding carboxylic acids is 1. The third-order valence-electron chi connectivity index (χ3n) is 2.67. The fourth-order valence-corrected chi connectivity index (χ4v) is 2.13. The molecule has 0 aliphatic carbocycles. The summed E-state index contributed by atoms with van der Waals surface area (Å²) in [5, 5.41) is 0.876. The fourth-order valence-electron chi connectivity index (χ4n) is 1.76. The predicted molar refractivity (Wildman–Crippen MR) is 75.3 cm³/mol. The Bertz CT molecular complexity index is 713. The molecule has 0 fully saturated rings. The van der Waals surface area contributed by atoms with Crippen LogP contribution in [0.5, 0.6) is 5.75 Å². The van der Waals surface area contributed by atoms with Gasteiger partial charge in [0.05, 0.1) is 4.47 Å². The van der Waals surface area contributed by atoms with Crippen molar-refractivity contribution in [2.75, 3.05) is 0 Å². The van der Waals surface area contributed by atoms with Crippen LogP contribution in [0.4, 0.5) is 0 Å². The molecule has 1 heterocycles. The maximum absolute atomic E-state index is 12.0. The predicted octanol–water partition coefficient (Wildman–Crippen LogP) is 4.41. The lowest BCUT2D eigenvalue weighted by molar-refractivity contribution is 0.0702. The first kappa shape index (κ1) is 12.0. The van der Waals surface area contributed by atoms with Crippen molar-refractivity contribution < 1.29 is 13.9 Å². The molecule has 3 nitrogen and oxygen atoms in total. The number of hydrogen-bond donors (Lipinski definition) is 0. The van der Waals surface area contributed by atoms with E-state index in [9.17, 15) is 4.79 Å². The van der Waals surface area contributed by atoms with Crippen LogP contribution in [0.1, 0.15) is 10.6 Å². The molecule has 0 aliphatic heterocycles. The lowest BCUT2D eigenvalue weighted by atomic mass is 10.2. The smallest absolute Gasteiger partial charge is 0.379 e. The standard InChI is InChI=1S/C15H9BrO3/c16-11-6-2-4-8-13(11)19-15(17)14-9-10-5-1-3-7-12(10)18-14/h1-9H. The maximum Gasteiger partial charge on any atom is 0.379 e. The number of esters is 1. The lowest BCUT2D eigenvalue weighted by Gasteiger charge is -2.03. The van der Waals surface area contributed by atoms with Gasteiger partial charge in [-0.05, 0) is 40.2 Å². The molecule has 0 saturated heterocycles. The van der Waals surface area contributed by atoms with Gasteiger partial charge in [-0.1, -0.05) is 30.3 Å². The number of carbonyl (C=O) groups is 1. The van der Waals surface area contributed by atoms with Crippen LogP contribution >= 0.6 is 15.9 Å². The summed E-state index contributed by atoms with van der Waals surface area (Å²) in [6.45, 7) is 0. The van der Waals surface area contributed by atoms with Gasteiger partial charge < -0.3 is 9.15 Å². The van der Waals surface area contributed by atoms with Crippen LogP contribution in [0, 0.1) is 0 Å². The number of fused-ring (bicyclic) bond motifs is 1. The number of benzene rings is 2. The molecule has 0 saturated carbocycles. The molecule has 0 radical (unpaired) electrons. The van der Waals surface area contributed by atoms with Crippen molar-refractivity contribution in [1.29, 1.82) is 0 Å². The molecule has 0 aliphatic rings. The highest BCUT2D eigenvalue weighted by Gasteiger charge is 2.15. The third kappa shape index (κ3) is 2.39. The molecule has 3 aromatic rings. The fraction of sp³-hybridized carbons (Fsp3) is 0. The van der Waals surface area contributed by atoms with Crippen LogP contribution in [-0.2, 0) is 0 Å². The Hall–Kier alpha value is -2.07. The number of rotatable bonds is 2. The number of hydrogen-bond acceptors (Lipinski definition) is 3. The summed E-state index contributed by atoms with van der Waals surface area (Å²) in [6, 6.07) is 16.3. The summed E-state index contributed by atoms with van der Waals surface area (Å²) in [5.41, 5.74) is 0.668. The van der Waals surface area contributed by atoms with Gasteiger partial charge in [0.1, 0.15) is 11.3 Å². The Kier molecular flexibility index (Phi) is 3.09. The molecule has 0 atom stereocenters. The van der Waals surface area contributed by atoms with Crippen molar-refractivity contribution >= 4 is 32.9 Å². The Morgan fingerprint density at radius 3 is 2.58 bits per heavy atom. The summed E-state index contributed by atoms with van der Waals surface area (Å²) in [7, 11) is 0. The summed E-state index contributed by atoms with van der Waals surface area (Å²) < 4.78 is 11.5.